The van der Waals surface area contributed by atoms with Crippen LogP contribution in [0.5, 0.6) is 5.75 Å². The summed E-state index contributed by atoms with van der Waals surface area (Å²) in [6.45, 7) is 3.26. The molecule has 7 heteroatoms. The summed E-state index contributed by atoms with van der Waals surface area (Å²) in [6, 6.07) is 17.9. The summed E-state index contributed by atoms with van der Waals surface area (Å²) in [6.07, 6.45) is 2.14. The average Bonchev–Trinajstić information content (AvgIpc) is 3.08. The molecular formula is C26H33N3O4. The number of nitrogens with zero attached hydrogens (tertiary/aromatic N) is 2. The Morgan fingerprint density at radius 1 is 1.00 bits per heavy atom. The average molecular weight is 452 g/mol. The predicted octanol–water partition coefficient (Wildman–Crippen LogP) is 3.09. The van der Waals surface area contributed by atoms with Gasteiger partial charge in [0.05, 0.1) is 20.3 Å². The number of piperidine rings is 1. The predicted molar refractivity (Wildman–Crippen MR) is 126 cm³/mol. The Bertz CT molecular complexity index is 959. The van der Waals surface area contributed by atoms with Gasteiger partial charge in [0.2, 0.25) is 0 Å². The molecule has 1 N–H and O–H groups in total. The molecule has 2 aliphatic rings. The van der Waals surface area contributed by atoms with Crippen molar-refractivity contribution >= 4 is 11.9 Å². The number of carbonyl (C=O) groups is 2. The molecule has 2 fully saturated rings. The maximum Gasteiger partial charge on any atom is 0.325 e. The molecule has 0 bridgehead atoms. The van der Waals surface area contributed by atoms with Crippen LogP contribution in [0.2, 0.25) is 0 Å². The third kappa shape index (κ3) is 5.04. The monoisotopic (exact) mass is 451 g/mol. The number of hydrogen-bond donors (Lipinski definition) is 1. The lowest BCUT2D eigenvalue weighted by Crippen LogP contribution is -2.57. The standard InChI is InChI=1S/C26H33N3O4/c1-32-16-15-29-24(30)26(27-25(29)31,18-21-9-6-10-23(17-21)33-2)22-11-13-28(14-12-22)19-20-7-4-3-5-8-20/h3-10,17,22H,11-16,18-19H2,1-2H3,(H,27,31). The highest BCUT2D eigenvalue weighted by Gasteiger charge is 2.55. The molecule has 2 aliphatic heterocycles. The van der Waals surface area contributed by atoms with Crippen LogP contribution in [0.25, 0.3) is 0 Å². The first-order valence-corrected chi connectivity index (χ1v) is 11.6. The molecule has 0 saturated carbocycles. The number of nitrogens with one attached hydrogen (secondary N) is 1. The molecule has 1 unspecified atom stereocenters. The van der Waals surface area contributed by atoms with Crippen LogP contribution >= 0.6 is 0 Å². The van der Waals surface area contributed by atoms with E-state index in [1.807, 2.05) is 30.3 Å². The van der Waals surface area contributed by atoms with Crippen molar-refractivity contribution in [3.05, 3.63) is 65.7 Å². The van der Waals surface area contributed by atoms with Gasteiger partial charge in [0, 0.05) is 20.1 Å². The van der Waals surface area contributed by atoms with E-state index in [9.17, 15) is 9.59 Å². The van der Waals surface area contributed by atoms with Gasteiger partial charge in [-0.25, -0.2) is 4.79 Å². The summed E-state index contributed by atoms with van der Waals surface area (Å²) >= 11 is 0. The Kier molecular flexibility index (Phi) is 7.30. The van der Waals surface area contributed by atoms with E-state index in [4.69, 9.17) is 9.47 Å². The third-order valence-corrected chi connectivity index (χ3v) is 6.87. The lowest BCUT2D eigenvalue weighted by Gasteiger charge is -2.41. The first-order chi connectivity index (χ1) is 16.1. The molecule has 0 aliphatic carbocycles. The van der Waals surface area contributed by atoms with Crippen molar-refractivity contribution in [2.24, 2.45) is 5.92 Å². The summed E-state index contributed by atoms with van der Waals surface area (Å²) in [5.41, 5.74) is 1.32. The topological polar surface area (TPSA) is 71.1 Å². The highest BCUT2D eigenvalue weighted by Crippen LogP contribution is 2.37. The molecular weight excluding hydrogens is 418 g/mol. The summed E-state index contributed by atoms with van der Waals surface area (Å²) in [4.78, 5) is 30.3. The molecule has 2 saturated heterocycles. The number of rotatable bonds is 9. The first-order valence-electron chi connectivity index (χ1n) is 11.6. The highest BCUT2D eigenvalue weighted by atomic mass is 16.5. The van der Waals surface area contributed by atoms with E-state index in [1.54, 1.807) is 14.2 Å². The third-order valence-electron chi connectivity index (χ3n) is 6.87. The molecule has 1 atom stereocenters. The molecule has 33 heavy (non-hydrogen) atoms. The fraction of sp³-hybridized carbons (Fsp3) is 0.462. The number of hydrogen-bond acceptors (Lipinski definition) is 5. The zero-order chi connectivity index (χ0) is 23.3. The smallest absolute Gasteiger partial charge is 0.325 e. The van der Waals surface area contributed by atoms with Crippen LogP contribution in [0.4, 0.5) is 4.79 Å². The van der Waals surface area contributed by atoms with Crippen LogP contribution in [0, 0.1) is 5.92 Å². The Morgan fingerprint density at radius 3 is 2.42 bits per heavy atom. The first kappa shape index (κ1) is 23.3. The second-order valence-corrected chi connectivity index (χ2v) is 8.92. The van der Waals surface area contributed by atoms with Gasteiger partial charge in [0.1, 0.15) is 11.3 Å². The molecule has 0 radical (unpaired) electrons. The largest absolute Gasteiger partial charge is 0.497 e. The molecule has 3 amide bonds. The molecule has 2 aromatic carbocycles. The van der Waals surface area contributed by atoms with Gasteiger partial charge in [-0.15, -0.1) is 0 Å². The molecule has 7 nitrogen and oxygen atoms in total. The molecule has 176 valence electrons. The van der Waals surface area contributed by atoms with Crippen molar-refractivity contribution in [1.29, 1.82) is 0 Å². The number of benzene rings is 2. The Labute approximate surface area is 195 Å². The number of carbonyl (C=O) groups excluding carboxylic acids is 2. The Hall–Kier alpha value is -2.90. The summed E-state index contributed by atoms with van der Waals surface area (Å²) in [5.74, 6) is 0.655. The second-order valence-electron chi connectivity index (χ2n) is 8.92. The summed E-state index contributed by atoms with van der Waals surface area (Å²) < 4.78 is 10.5. The van der Waals surface area contributed by atoms with Gasteiger partial charge in [0.15, 0.2) is 0 Å². The molecule has 0 spiro atoms. The van der Waals surface area contributed by atoms with Crippen molar-refractivity contribution in [2.75, 3.05) is 40.5 Å². The normalized spacial score (nSPS) is 21.9. The summed E-state index contributed by atoms with van der Waals surface area (Å²) in [5, 5.41) is 3.12. The van der Waals surface area contributed by atoms with Gasteiger partial charge in [-0.05, 0) is 55.1 Å². The van der Waals surface area contributed by atoms with E-state index < -0.39 is 5.54 Å². The van der Waals surface area contributed by atoms with Gasteiger partial charge in [-0.3, -0.25) is 14.6 Å². The molecule has 2 aromatic rings. The van der Waals surface area contributed by atoms with Gasteiger partial charge in [-0.1, -0.05) is 42.5 Å². The van der Waals surface area contributed by atoms with Crippen LogP contribution < -0.4 is 10.1 Å². The Balaban J connectivity index is 1.54. The van der Waals surface area contributed by atoms with Crippen molar-refractivity contribution in [1.82, 2.24) is 15.1 Å². The minimum atomic E-state index is -0.948. The maximum absolute atomic E-state index is 13.7. The number of amides is 3. The number of likely N-dealkylation sites (tertiary alicyclic amines) is 1. The summed E-state index contributed by atoms with van der Waals surface area (Å²) in [7, 11) is 3.21. The van der Waals surface area contributed by atoms with Crippen LogP contribution in [0.15, 0.2) is 54.6 Å². The van der Waals surface area contributed by atoms with E-state index in [1.165, 1.54) is 10.5 Å². The highest BCUT2D eigenvalue weighted by molar-refractivity contribution is 6.07. The lowest BCUT2D eigenvalue weighted by molar-refractivity contribution is -0.134. The van der Waals surface area contributed by atoms with Crippen molar-refractivity contribution in [2.45, 2.75) is 31.3 Å². The van der Waals surface area contributed by atoms with E-state index in [0.29, 0.717) is 13.0 Å². The van der Waals surface area contributed by atoms with Crippen LogP contribution in [0.3, 0.4) is 0 Å². The fourth-order valence-electron chi connectivity index (χ4n) is 5.10. The zero-order valence-electron chi connectivity index (χ0n) is 19.5. The Morgan fingerprint density at radius 2 is 1.73 bits per heavy atom. The van der Waals surface area contributed by atoms with E-state index in [2.05, 4.69) is 34.5 Å². The van der Waals surface area contributed by atoms with Gasteiger partial charge in [0.25, 0.3) is 5.91 Å². The number of ether oxygens (including phenoxy) is 2. The van der Waals surface area contributed by atoms with E-state index in [0.717, 1.165) is 43.8 Å². The quantitative estimate of drug-likeness (QED) is 0.594. The van der Waals surface area contributed by atoms with Gasteiger partial charge < -0.3 is 14.8 Å². The van der Waals surface area contributed by atoms with Gasteiger partial charge >= 0.3 is 6.03 Å². The van der Waals surface area contributed by atoms with Crippen LogP contribution in [0.1, 0.15) is 24.0 Å². The number of imide groups is 1. The van der Waals surface area contributed by atoms with Gasteiger partial charge in [-0.2, -0.15) is 0 Å². The van der Waals surface area contributed by atoms with Crippen molar-refractivity contribution in [3.8, 4) is 5.75 Å². The lowest BCUT2D eigenvalue weighted by atomic mass is 9.74. The van der Waals surface area contributed by atoms with Crippen molar-refractivity contribution < 1.29 is 19.1 Å². The molecule has 0 aromatic heterocycles. The fourth-order valence-corrected chi connectivity index (χ4v) is 5.10. The molecule has 2 heterocycles. The van der Waals surface area contributed by atoms with Crippen molar-refractivity contribution in [3.63, 3.8) is 0 Å². The minimum Gasteiger partial charge on any atom is -0.497 e. The van der Waals surface area contributed by atoms with E-state index >= 15 is 0 Å². The SMILES string of the molecule is COCCN1C(=O)NC(Cc2cccc(OC)c2)(C2CCN(Cc3ccccc3)CC2)C1=O. The molecule has 4 rings (SSSR count). The number of methoxy groups -OCH3 is 2. The van der Waals surface area contributed by atoms with E-state index in [-0.39, 0.29) is 24.4 Å². The maximum atomic E-state index is 13.7. The van der Waals surface area contributed by atoms with Crippen LogP contribution in [-0.2, 0) is 22.5 Å². The minimum absolute atomic E-state index is 0.0553. The second kappa shape index (κ2) is 10.4. The zero-order valence-corrected chi connectivity index (χ0v) is 19.5. The number of urea groups is 1. The van der Waals surface area contributed by atoms with Crippen LogP contribution in [-0.4, -0.2) is 67.7 Å².